The smallest absolute Gasteiger partial charge is 0.134 e. The Morgan fingerprint density at radius 3 is 2.80 bits per heavy atom. The van der Waals surface area contributed by atoms with E-state index in [2.05, 4.69) is 40.5 Å². The summed E-state index contributed by atoms with van der Waals surface area (Å²) in [5.41, 5.74) is 3.45. The van der Waals surface area contributed by atoms with Crippen molar-refractivity contribution in [3.8, 4) is 11.1 Å². The van der Waals surface area contributed by atoms with Gasteiger partial charge in [0.1, 0.15) is 11.6 Å². The van der Waals surface area contributed by atoms with Gasteiger partial charge in [-0.3, -0.25) is 4.68 Å². The molecule has 25 heavy (non-hydrogen) atoms. The Labute approximate surface area is 146 Å². The third-order valence-electron chi connectivity index (χ3n) is 4.39. The predicted octanol–water partition coefficient (Wildman–Crippen LogP) is 4.40. The fourth-order valence-electron chi connectivity index (χ4n) is 3.03. The highest BCUT2D eigenvalue weighted by Gasteiger charge is 2.11. The summed E-state index contributed by atoms with van der Waals surface area (Å²) < 4.78 is 7.22. The lowest BCUT2D eigenvalue weighted by atomic mass is 10.00. The first-order chi connectivity index (χ1) is 12.2. The predicted molar refractivity (Wildman–Crippen MR) is 99.4 cm³/mol. The number of nitrogens with one attached hydrogen (secondary N) is 1. The van der Waals surface area contributed by atoms with Gasteiger partial charge in [0.25, 0.3) is 0 Å². The van der Waals surface area contributed by atoms with Crippen LogP contribution in [0.25, 0.3) is 21.9 Å². The van der Waals surface area contributed by atoms with Crippen LogP contribution in [-0.2, 0) is 20.0 Å². The summed E-state index contributed by atoms with van der Waals surface area (Å²) in [5.74, 6) is 1.76. The number of aromatic nitrogens is 3. The first-order valence-corrected chi connectivity index (χ1v) is 8.41. The highest BCUT2D eigenvalue weighted by molar-refractivity contribution is 6.01. The molecule has 0 unspecified atom stereocenters. The van der Waals surface area contributed by atoms with Gasteiger partial charge < -0.3 is 9.73 Å². The number of rotatable bonds is 5. The number of benzene rings is 1. The van der Waals surface area contributed by atoms with E-state index >= 15 is 0 Å². The van der Waals surface area contributed by atoms with Crippen molar-refractivity contribution < 1.29 is 4.42 Å². The van der Waals surface area contributed by atoms with Crippen molar-refractivity contribution in [2.24, 2.45) is 7.05 Å². The molecule has 1 N–H and O–H groups in total. The van der Waals surface area contributed by atoms with Gasteiger partial charge >= 0.3 is 0 Å². The van der Waals surface area contributed by atoms with Crippen LogP contribution in [0.4, 0.5) is 5.82 Å². The number of fused-ring (bicyclic) bond motifs is 1. The Morgan fingerprint density at radius 2 is 2.08 bits per heavy atom. The molecule has 0 amide bonds. The third kappa shape index (κ3) is 3.01. The highest BCUT2D eigenvalue weighted by atomic mass is 16.3. The van der Waals surface area contributed by atoms with E-state index < -0.39 is 0 Å². The van der Waals surface area contributed by atoms with Gasteiger partial charge in [0.2, 0.25) is 0 Å². The minimum Gasteiger partial charge on any atom is -0.467 e. The first-order valence-electron chi connectivity index (χ1n) is 8.41. The maximum Gasteiger partial charge on any atom is 0.134 e. The van der Waals surface area contributed by atoms with Gasteiger partial charge in [-0.25, -0.2) is 4.98 Å². The van der Waals surface area contributed by atoms with Crippen LogP contribution in [0.1, 0.15) is 18.2 Å². The zero-order valence-electron chi connectivity index (χ0n) is 14.4. The second kappa shape index (κ2) is 6.43. The summed E-state index contributed by atoms with van der Waals surface area (Å²) >= 11 is 0. The molecule has 0 fully saturated rings. The van der Waals surface area contributed by atoms with Gasteiger partial charge in [0.15, 0.2) is 0 Å². The van der Waals surface area contributed by atoms with E-state index in [1.54, 1.807) is 6.26 Å². The van der Waals surface area contributed by atoms with E-state index in [0.29, 0.717) is 6.54 Å². The molecule has 0 aliphatic heterocycles. The summed E-state index contributed by atoms with van der Waals surface area (Å²) in [5, 5.41) is 9.97. The van der Waals surface area contributed by atoms with Crippen molar-refractivity contribution >= 4 is 16.6 Å². The minimum atomic E-state index is 0.609. The van der Waals surface area contributed by atoms with E-state index in [-0.39, 0.29) is 0 Å². The Morgan fingerprint density at radius 1 is 1.16 bits per heavy atom. The molecule has 0 radical (unpaired) electrons. The van der Waals surface area contributed by atoms with E-state index in [0.717, 1.165) is 34.5 Å². The average molecular weight is 332 g/mol. The number of hydrogen-bond donors (Lipinski definition) is 1. The molecule has 5 heteroatoms. The Balaban J connectivity index is 1.80. The number of aryl methyl sites for hydroxylation is 2. The number of hydrogen-bond acceptors (Lipinski definition) is 4. The largest absolute Gasteiger partial charge is 0.467 e. The van der Waals surface area contributed by atoms with Gasteiger partial charge in [-0.05, 0) is 35.6 Å². The third-order valence-corrected chi connectivity index (χ3v) is 4.39. The molecule has 126 valence electrons. The lowest BCUT2D eigenvalue weighted by Gasteiger charge is -2.12. The lowest BCUT2D eigenvalue weighted by Crippen LogP contribution is -2.02. The second-order valence-corrected chi connectivity index (χ2v) is 6.09. The van der Waals surface area contributed by atoms with E-state index in [1.807, 2.05) is 42.5 Å². The molecule has 0 atom stereocenters. The molecule has 0 bridgehead atoms. The first kappa shape index (κ1) is 15.4. The van der Waals surface area contributed by atoms with Crippen LogP contribution in [-0.4, -0.2) is 14.8 Å². The molecule has 0 aliphatic carbocycles. The molecule has 4 rings (SSSR count). The van der Waals surface area contributed by atoms with Crippen molar-refractivity contribution in [3.05, 3.63) is 66.5 Å². The fourth-order valence-corrected chi connectivity index (χ4v) is 3.03. The van der Waals surface area contributed by atoms with Gasteiger partial charge in [-0.15, -0.1) is 0 Å². The summed E-state index contributed by atoms with van der Waals surface area (Å²) in [6.45, 7) is 2.77. The summed E-state index contributed by atoms with van der Waals surface area (Å²) in [6.07, 6.45) is 8.48. The minimum absolute atomic E-state index is 0.609. The molecular formula is C20H20N4O. The van der Waals surface area contributed by atoms with Crippen LogP contribution in [0.2, 0.25) is 0 Å². The molecule has 5 nitrogen and oxygen atoms in total. The fraction of sp³-hybridized carbons (Fsp3) is 0.200. The van der Waals surface area contributed by atoms with E-state index in [4.69, 9.17) is 4.42 Å². The topological polar surface area (TPSA) is 55.9 Å². The molecule has 4 aromatic rings. The zero-order chi connectivity index (χ0) is 17.2. The number of pyridine rings is 1. The van der Waals surface area contributed by atoms with Crippen LogP contribution in [0.15, 0.2) is 59.6 Å². The van der Waals surface area contributed by atoms with E-state index in [1.165, 1.54) is 10.9 Å². The Hall–Kier alpha value is -3.08. The molecule has 0 saturated heterocycles. The van der Waals surface area contributed by atoms with Crippen molar-refractivity contribution in [1.82, 2.24) is 14.8 Å². The zero-order valence-corrected chi connectivity index (χ0v) is 14.4. The number of anilines is 1. The molecule has 3 aromatic heterocycles. The maximum atomic E-state index is 5.41. The molecule has 1 aromatic carbocycles. The second-order valence-electron chi connectivity index (χ2n) is 6.09. The standard InChI is InChI=1S/C20H20N4O/c1-3-14-6-7-17-18(9-14)20(21-11-16-5-4-8-25-16)22-12-19(17)15-10-23-24(2)13-15/h4-10,12-13H,3,11H2,1-2H3,(H,21,22). The molecule has 3 heterocycles. The normalized spacial score (nSPS) is 11.1. The summed E-state index contributed by atoms with van der Waals surface area (Å²) in [4.78, 5) is 4.68. The van der Waals surface area contributed by atoms with Gasteiger partial charge in [-0.1, -0.05) is 19.1 Å². The number of furan rings is 1. The average Bonchev–Trinajstić information content (AvgIpc) is 3.30. The summed E-state index contributed by atoms with van der Waals surface area (Å²) in [6, 6.07) is 10.4. The van der Waals surface area contributed by atoms with Crippen LogP contribution in [0, 0.1) is 0 Å². The van der Waals surface area contributed by atoms with Crippen molar-refractivity contribution in [2.45, 2.75) is 19.9 Å². The lowest BCUT2D eigenvalue weighted by molar-refractivity contribution is 0.518. The number of nitrogens with zero attached hydrogens (tertiary/aromatic N) is 3. The van der Waals surface area contributed by atoms with Crippen molar-refractivity contribution in [2.75, 3.05) is 5.32 Å². The Kier molecular flexibility index (Phi) is 3.98. The molecule has 0 saturated carbocycles. The van der Waals surface area contributed by atoms with Crippen molar-refractivity contribution in [1.29, 1.82) is 0 Å². The monoisotopic (exact) mass is 332 g/mol. The quantitative estimate of drug-likeness (QED) is 0.588. The van der Waals surface area contributed by atoms with E-state index in [9.17, 15) is 0 Å². The van der Waals surface area contributed by atoms with Crippen LogP contribution >= 0.6 is 0 Å². The highest BCUT2D eigenvalue weighted by Crippen LogP contribution is 2.32. The van der Waals surface area contributed by atoms with Crippen LogP contribution in [0.5, 0.6) is 0 Å². The van der Waals surface area contributed by atoms with Gasteiger partial charge in [0, 0.05) is 36.0 Å². The van der Waals surface area contributed by atoms with Gasteiger partial charge in [0.05, 0.1) is 19.0 Å². The SMILES string of the molecule is CCc1ccc2c(-c3cnn(C)c3)cnc(NCc3ccco3)c2c1. The van der Waals surface area contributed by atoms with Gasteiger partial charge in [-0.2, -0.15) is 5.10 Å². The summed E-state index contributed by atoms with van der Waals surface area (Å²) in [7, 11) is 1.92. The van der Waals surface area contributed by atoms with Crippen LogP contribution < -0.4 is 5.32 Å². The molecule has 0 spiro atoms. The molecule has 0 aliphatic rings. The molecular weight excluding hydrogens is 312 g/mol. The maximum absolute atomic E-state index is 5.41. The Bertz CT molecular complexity index is 1000. The van der Waals surface area contributed by atoms with Crippen LogP contribution in [0.3, 0.4) is 0 Å². The van der Waals surface area contributed by atoms with Crippen molar-refractivity contribution in [3.63, 3.8) is 0 Å².